The first kappa shape index (κ1) is 7.74. The summed E-state index contributed by atoms with van der Waals surface area (Å²) < 4.78 is 8.26. The monoisotopic (exact) mass is 133 g/mol. The zero-order chi connectivity index (χ0) is 7.11. The lowest BCUT2D eigenvalue weighted by atomic mass is 11.0. The zero-order valence-corrected chi connectivity index (χ0v) is 4.92. The molecule has 0 aromatic rings. The van der Waals surface area contributed by atoms with Gasteiger partial charge in [0.2, 0.25) is 0 Å². The van der Waals surface area contributed by atoms with E-state index in [0.717, 1.165) is 0 Å². The molecule has 0 atom stereocenters. The summed E-state index contributed by atoms with van der Waals surface area (Å²) >= 11 is 0. The van der Waals surface area contributed by atoms with Crippen LogP contribution >= 0.6 is 0 Å². The van der Waals surface area contributed by atoms with Crippen LogP contribution in [0.3, 0.4) is 0 Å². The molecule has 0 aromatic heterocycles. The molecule has 1 amide bonds. The summed E-state index contributed by atoms with van der Waals surface area (Å²) in [5.74, 6) is 0. The summed E-state index contributed by atoms with van der Waals surface area (Å²) in [6, 6.07) is 0. The van der Waals surface area contributed by atoms with Crippen molar-refractivity contribution < 1.29 is 19.1 Å². The lowest BCUT2D eigenvalue weighted by Crippen LogP contribution is -2.25. The molecule has 0 aliphatic heterocycles. The predicted octanol–water partition coefficient (Wildman–Crippen LogP) is -0.527. The molecule has 0 bridgehead atoms. The van der Waals surface area contributed by atoms with Crippen LogP contribution in [0.5, 0.6) is 0 Å². The minimum atomic E-state index is -0.628. The standard InChI is InChI=1S/C4H7NO4/c1-8-4(7)5-2-9-3-6/h3H,2H2,1H3,(H,5,7). The van der Waals surface area contributed by atoms with Crippen LogP contribution in [0, 0.1) is 0 Å². The summed E-state index contributed by atoms with van der Waals surface area (Å²) in [4.78, 5) is 19.6. The third kappa shape index (κ3) is 4.60. The van der Waals surface area contributed by atoms with Gasteiger partial charge in [0.15, 0.2) is 6.73 Å². The van der Waals surface area contributed by atoms with Gasteiger partial charge < -0.3 is 9.47 Å². The van der Waals surface area contributed by atoms with Gasteiger partial charge in [-0.2, -0.15) is 0 Å². The molecule has 1 N–H and O–H groups in total. The molecule has 0 aliphatic carbocycles. The first-order valence-electron chi connectivity index (χ1n) is 2.18. The first-order chi connectivity index (χ1) is 4.31. The Morgan fingerprint density at radius 1 is 1.78 bits per heavy atom. The third-order valence-electron chi connectivity index (χ3n) is 0.553. The summed E-state index contributed by atoms with van der Waals surface area (Å²) in [6.07, 6.45) is -0.628. The van der Waals surface area contributed by atoms with Gasteiger partial charge in [0, 0.05) is 0 Å². The molecule has 0 rings (SSSR count). The molecule has 5 nitrogen and oxygen atoms in total. The molecule has 0 saturated heterocycles. The Balaban J connectivity index is 3.06. The minimum Gasteiger partial charge on any atom is -0.453 e. The highest BCUT2D eigenvalue weighted by atomic mass is 16.6. The number of nitrogens with one attached hydrogen (secondary N) is 1. The number of carbonyl (C=O) groups excluding carboxylic acids is 2. The van der Waals surface area contributed by atoms with Gasteiger partial charge in [0.1, 0.15) is 0 Å². The van der Waals surface area contributed by atoms with Crippen LogP contribution in [0.15, 0.2) is 0 Å². The van der Waals surface area contributed by atoms with E-state index >= 15 is 0 Å². The van der Waals surface area contributed by atoms with E-state index in [9.17, 15) is 9.59 Å². The minimum absolute atomic E-state index is 0.157. The highest BCUT2D eigenvalue weighted by Crippen LogP contribution is 1.68. The van der Waals surface area contributed by atoms with Crippen molar-refractivity contribution in [2.45, 2.75) is 0 Å². The second kappa shape index (κ2) is 4.89. The van der Waals surface area contributed by atoms with Crippen molar-refractivity contribution >= 4 is 12.6 Å². The summed E-state index contributed by atoms with van der Waals surface area (Å²) in [7, 11) is 1.22. The number of methoxy groups -OCH3 is 1. The summed E-state index contributed by atoms with van der Waals surface area (Å²) in [5.41, 5.74) is 0. The van der Waals surface area contributed by atoms with Gasteiger partial charge in [0.25, 0.3) is 6.47 Å². The van der Waals surface area contributed by atoms with Gasteiger partial charge in [-0.15, -0.1) is 0 Å². The fraction of sp³-hybridized carbons (Fsp3) is 0.500. The van der Waals surface area contributed by atoms with Crippen molar-refractivity contribution in [3.8, 4) is 0 Å². The number of ether oxygens (including phenoxy) is 2. The average molecular weight is 133 g/mol. The smallest absolute Gasteiger partial charge is 0.409 e. The molecular weight excluding hydrogens is 126 g/mol. The highest BCUT2D eigenvalue weighted by Gasteiger charge is 1.93. The maximum Gasteiger partial charge on any atom is 0.409 e. The normalized spacial score (nSPS) is 7.67. The van der Waals surface area contributed by atoms with Crippen LogP contribution in [0.1, 0.15) is 0 Å². The van der Waals surface area contributed by atoms with Gasteiger partial charge in [0.05, 0.1) is 7.11 Å². The SMILES string of the molecule is COC(=O)NCOC=O. The van der Waals surface area contributed by atoms with E-state index in [1.165, 1.54) is 7.11 Å². The largest absolute Gasteiger partial charge is 0.453 e. The van der Waals surface area contributed by atoms with Crippen LogP contribution in [0.2, 0.25) is 0 Å². The quantitative estimate of drug-likeness (QED) is 0.319. The molecule has 5 heteroatoms. The fourth-order valence-corrected chi connectivity index (χ4v) is 0.207. The lowest BCUT2D eigenvalue weighted by Gasteiger charge is -1.99. The maximum atomic E-state index is 10.2. The van der Waals surface area contributed by atoms with Crippen molar-refractivity contribution in [1.29, 1.82) is 0 Å². The number of hydrogen-bond acceptors (Lipinski definition) is 4. The van der Waals surface area contributed by atoms with Crippen LogP contribution < -0.4 is 5.32 Å². The fourth-order valence-electron chi connectivity index (χ4n) is 0.207. The number of alkyl carbamates (subject to hydrolysis) is 1. The molecule has 0 unspecified atom stereocenters. The van der Waals surface area contributed by atoms with Crippen LogP contribution in [-0.2, 0) is 14.3 Å². The van der Waals surface area contributed by atoms with Gasteiger partial charge in [-0.25, -0.2) is 4.79 Å². The number of carbonyl (C=O) groups is 2. The molecule has 0 aliphatic rings. The second-order valence-corrected chi connectivity index (χ2v) is 1.08. The second-order valence-electron chi connectivity index (χ2n) is 1.08. The van der Waals surface area contributed by atoms with Crippen LogP contribution in [0.4, 0.5) is 4.79 Å². The van der Waals surface area contributed by atoms with E-state index in [0.29, 0.717) is 0 Å². The van der Waals surface area contributed by atoms with Crippen molar-refractivity contribution in [3.05, 3.63) is 0 Å². The van der Waals surface area contributed by atoms with E-state index in [2.05, 4.69) is 14.8 Å². The molecule has 0 radical (unpaired) electrons. The molecule has 0 saturated carbocycles. The Kier molecular flexibility index (Phi) is 4.20. The van der Waals surface area contributed by atoms with Gasteiger partial charge in [-0.05, 0) is 0 Å². The number of rotatable bonds is 3. The first-order valence-corrected chi connectivity index (χ1v) is 2.18. The predicted molar refractivity (Wildman–Crippen MR) is 27.6 cm³/mol. The highest BCUT2D eigenvalue weighted by molar-refractivity contribution is 5.66. The van der Waals surface area contributed by atoms with E-state index in [4.69, 9.17) is 0 Å². The molecule has 52 valence electrons. The zero-order valence-electron chi connectivity index (χ0n) is 4.92. The van der Waals surface area contributed by atoms with Crippen molar-refractivity contribution in [1.82, 2.24) is 5.32 Å². The van der Waals surface area contributed by atoms with E-state index in [1.54, 1.807) is 0 Å². The van der Waals surface area contributed by atoms with E-state index in [1.807, 2.05) is 0 Å². The lowest BCUT2D eigenvalue weighted by molar-refractivity contribution is -0.129. The van der Waals surface area contributed by atoms with Crippen LogP contribution in [0.25, 0.3) is 0 Å². The molecule has 9 heavy (non-hydrogen) atoms. The topological polar surface area (TPSA) is 64.6 Å². The van der Waals surface area contributed by atoms with Gasteiger partial charge in [-0.3, -0.25) is 10.1 Å². The molecule has 0 aromatic carbocycles. The number of amides is 1. The summed E-state index contributed by atoms with van der Waals surface area (Å²) in [5, 5.41) is 2.12. The Bertz CT molecular complexity index is 103. The Hall–Kier alpha value is -1.26. The van der Waals surface area contributed by atoms with E-state index < -0.39 is 6.09 Å². The summed E-state index contributed by atoms with van der Waals surface area (Å²) in [6.45, 7) is 0.0755. The molecule has 0 spiro atoms. The van der Waals surface area contributed by atoms with Gasteiger partial charge in [-0.1, -0.05) is 0 Å². The van der Waals surface area contributed by atoms with Crippen molar-refractivity contribution in [2.24, 2.45) is 0 Å². The Labute approximate surface area is 51.9 Å². The van der Waals surface area contributed by atoms with E-state index in [-0.39, 0.29) is 13.2 Å². The van der Waals surface area contributed by atoms with Crippen molar-refractivity contribution in [2.75, 3.05) is 13.8 Å². The van der Waals surface area contributed by atoms with Gasteiger partial charge >= 0.3 is 6.09 Å². The third-order valence-corrected chi connectivity index (χ3v) is 0.553. The Morgan fingerprint density at radius 2 is 2.44 bits per heavy atom. The molecule has 0 heterocycles. The van der Waals surface area contributed by atoms with Crippen molar-refractivity contribution in [3.63, 3.8) is 0 Å². The maximum absolute atomic E-state index is 10.2. The number of hydrogen-bond donors (Lipinski definition) is 1. The molecular formula is C4H7NO4. The Morgan fingerprint density at radius 3 is 2.89 bits per heavy atom. The molecule has 0 fully saturated rings. The van der Waals surface area contributed by atoms with Crippen LogP contribution in [-0.4, -0.2) is 26.4 Å². The average Bonchev–Trinajstić information content (AvgIpc) is 1.89.